The second-order valence-electron chi connectivity index (χ2n) is 24.3. The number of amides is 2. The van der Waals surface area contributed by atoms with Crippen molar-refractivity contribution in [2.45, 2.75) is 184 Å². The Hall–Kier alpha value is -2.12. The molecule has 0 bridgehead atoms. The third-order valence-electron chi connectivity index (χ3n) is 20.5. The Morgan fingerprint density at radius 3 is 2.05 bits per heavy atom. The van der Waals surface area contributed by atoms with Gasteiger partial charge in [-0.2, -0.15) is 0 Å². The molecule has 2 N–H and O–H groups in total. The zero-order chi connectivity index (χ0) is 41.3. The molecule has 1 heterocycles. The number of aliphatic carboxylic acids is 1. The van der Waals surface area contributed by atoms with Gasteiger partial charge >= 0.3 is 11.9 Å². The summed E-state index contributed by atoms with van der Waals surface area (Å²) in [6.45, 7) is 24.4. The van der Waals surface area contributed by atoms with Gasteiger partial charge in [0.05, 0.1) is 11.8 Å². The molecule has 8 nitrogen and oxygen atoms in total. The van der Waals surface area contributed by atoms with Crippen LogP contribution in [0.5, 0.6) is 0 Å². The number of hydrogen-bond donors (Lipinski definition) is 2. The van der Waals surface area contributed by atoms with E-state index in [9.17, 15) is 19.5 Å². The molecule has 57 heavy (non-hydrogen) atoms. The van der Waals surface area contributed by atoms with E-state index in [0.29, 0.717) is 46.8 Å². The van der Waals surface area contributed by atoms with Gasteiger partial charge in [-0.05, 0) is 173 Å². The highest BCUT2D eigenvalue weighted by Crippen LogP contribution is 2.78. The average Bonchev–Trinajstić information content (AvgIpc) is 3.72. The number of hydrogen-bond acceptors (Lipinski definition) is 5. The fourth-order valence-electron chi connectivity index (χ4n) is 16.4. The van der Waals surface area contributed by atoms with Gasteiger partial charge in [-0.25, -0.2) is 0 Å². The number of nitrogens with one attached hydrogen (secondary N) is 1. The smallest absolute Gasteiger partial charge is 0.309 e. The Kier molecular flexibility index (Phi) is 10.00. The molecular formula is C49H78N2O6. The van der Waals surface area contributed by atoms with Gasteiger partial charge in [0, 0.05) is 36.4 Å². The lowest BCUT2D eigenvalue weighted by Gasteiger charge is -2.72. The molecule has 2 unspecified atom stereocenters. The first-order chi connectivity index (χ1) is 26.5. The zero-order valence-electron chi connectivity index (χ0n) is 37.4. The molecule has 8 aliphatic rings. The lowest BCUT2D eigenvalue weighted by Crippen LogP contribution is -2.68. The van der Waals surface area contributed by atoms with Crippen LogP contribution < -0.4 is 5.32 Å². The number of fused-ring (bicyclic) bond motifs is 7. The molecule has 0 radical (unpaired) electrons. The van der Waals surface area contributed by atoms with Crippen LogP contribution >= 0.6 is 0 Å². The van der Waals surface area contributed by atoms with E-state index < -0.39 is 17.4 Å². The van der Waals surface area contributed by atoms with E-state index in [1.807, 2.05) is 0 Å². The van der Waals surface area contributed by atoms with Gasteiger partial charge in [-0.15, -0.1) is 0 Å². The van der Waals surface area contributed by atoms with Crippen LogP contribution in [-0.4, -0.2) is 59.0 Å². The molecule has 0 spiro atoms. The van der Waals surface area contributed by atoms with Crippen LogP contribution in [0, 0.1) is 85.2 Å². The van der Waals surface area contributed by atoms with Gasteiger partial charge in [-0.3, -0.25) is 19.2 Å². The van der Waals surface area contributed by atoms with Crippen LogP contribution in [0.1, 0.15) is 172 Å². The summed E-state index contributed by atoms with van der Waals surface area (Å²) in [5, 5.41) is 13.3. The number of rotatable bonds is 8. The first-order valence-corrected chi connectivity index (χ1v) is 23.5. The Morgan fingerprint density at radius 2 is 1.42 bits per heavy atom. The van der Waals surface area contributed by atoms with Crippen molar-refractivity contribution in [3.05, 3.63) is 0 Å². The molecule has 1 saturated heterocycles. The van der Waals surface area contributed by atoms with Crippen molar-refractivity contribution < 1.29 is 29.0 Å². The van der Waals surface area contributed by atoms with Crippen LogP contribution in [0.25, 0.3) is 0 Å². The van der Waals surface area contributed by atoms with Crippen molar-refractivity contribution in [3.8, 4) is 0 Å². The van der Waals surface area contributed by atoms with Crippen molar-refractivity contribution in [2.75, 3.05) is 13.1 Å². The highest BCUT2D eigenvalue weighted by atomic mass is 16.5. The minimum absolute atomic E-state index is 0.0130. The van der Waals surface area contributed by atoms with Crippen molar-refractivity contribution in [1.29, 1.82) is 0 Å². The maximum atomic E-state index is 15.0. The predicted molar refractivity (Wildman–Crippen MR) is 222 cm³/mol. The zero-order valence-corrected chi connectivity index (χ0v) is 37.4. The second kappa shape index (κ2) is 13.7. The molecule has 0 aromatic carbocycles. The normalized spacial score (nSPS) is 45.2. The molecule has 0 aromatic heterocycles. The van der Waals surface area contributed by atoms with E-state index in [1.54, 1.807) is 13.8 Å². The number of carboxylic acid groups (broad SMARTS) is 1. The Labute approximate surface area is 344 Å². The summed E-state index contributed by atoms with van der Waals surface area (Å²) in [5.41, 5.74) is -0.978. The van der Waals surface area contributed by atoms with Crippen molar-refractivity contribution in [2.24, 2.45) is 85.2 Å². The van der Waals surface area contributed by atoms with Crippen molar-refractivity contribution in [3.63, 3.8) is 0 Å². The molecule has 0 aromatic rings. The molecule has 2 amide bonds. The summed E-state index contributed by atoms with van der Waals surface area (Å²) in [4.78, 5) is 55.8. The van der Waals surface area contributed by atoms with Gasteiger partial charge in [0.1, 0.15) is 6.10 Å². The summed E-state index contributed by atoms with van der Waals surface area (Å²) >= 11 is 0. The summed E-state index contributed by atoms with van der Waals surface area (Å²) in [6, 6.07) is 0.0385. The molecular weight excluding hydrogens is 713 g/mol. The van der Waals surface area contributed by atoms with Crippen LogP contribution in [0.3, 0.4) is 0 Å². The molecule has 7 aliphatic carbocycles. The third kappa shape index (κ3) is 6.29. The molecule has 1 aliphatic heterocycles. The summed E-state index contributed by atoms with van der Waals surface area (Å²) in [5.74, 6) is 2.49. The van der Waals surface area contributed by atoms with E-state index in [4.69, 9.17) is 4.74 Å². The fraction of sp³-hybridized carbons (Fsp3) is 0.918. The maximum Gasteiger partial charge on any atom is 0.309 e. The SMILES string of the molecule is CC(C)(CC(=O)O[C@H]1CC[C@]2(C)[C@H]3CC[C@@H]4C5C(CC[C@H]5C5(C)CC5)[C@@H](C(=O)N[C@H]5C[C@@H](C(=O)N6CCCCC6)C5(C)C)C[C@@]4(C)[C@]3(C)CC[C@H]2C1(C)C)C(=O)O. The van der Waals surface area contributed by atoms with Crippen molar-refractivity contribution >= 4 is 23.8 Å². The van der Waals surface area contributed by atoms with Gasteiger partial charge in [0.15, 0.2) is 0 Å². The number of esters is 1. The Bertz CT molecular complexity index is 1640. The van der Waals surface area contributed by atoms with E-state index in [2.05, 4.69) is 65.6 Å². The summed E-state index contributed by atoms with van der Waals surface area (Å²) in [7, 11) is 0. The second-order valence-corrected chi connectivity index (χ2v) is 24.3. The molecule has 320 valence electrons. The lowest BCUT2D eigenvalue weighted by molar-refractivity contribution is -0.250. The van der Waals surface area contributed by atoms with E-state index in [0.717, 1.165) is 64.5 Å². The van der Waals surface area contributed by atoms with Crippen LogP contribution in [0.15, 0.2) is 0 Å². The van der Waals surface area contributed by atoms with E-state index >= 15 is 4.79 Å². The minimum atomic E-state index is -1.16. The highest BCUT2D eigenvalue weighted by molar-refractivity contribution is 5.84. The molecule has 13 atom stereocenters. The largest absolute Gasteiger partial charge is 0.481 e. The monoisotopic (exact) mass is 791 g/mol. The van der Waals surface area contributed by atoms with Crippen molar-refractivity contribution in [1.82, 2.24) is 10.2 Å². The van der Waals surface area contributed by atoms with E-state index in [1.165, 1.54) is 44.9 Å². The van der Waals surface area contributed by atoms with Gasteiger partial charge < -0.3 is 20.1 Å². The summed E-state index contributed by atoms with van der Waals surface area (Å²) in [6.07, 6.45) is 16.4. The van der Waals surface area contributed by atoms with Crippen LogP contribution in [0.4, 0.5) is 0 Å². The molecule has 8 fully saturated rings. The predicted octanol–water partition coefficient (Wildman–Crippen LogP) is 9.68. The molecule has 8 rings (SSSR count). The van der Waals surface area contributed by atoms with E-state index in [-0.39, 0.29) is 63.4 Å². The number of carboxylic acids is 1. The number of carbonyl (C=O) groups excluding carboxylic acids is 3. The maximum absolute atomic E-state index is 15.0. The molecule has 7 saturated carbocycles. The number of carbonyl (C=O) groups is 4. The standard InChI is InChI=1S/C49H78N2O6/c1-43(2,42(55)56)28-38(52)57-37-19-20-47(8)34(45(37,5)6)18-21-48(9)35(47)17-16-32-39-29(14-15-31(39)46(7)22-23-46)30(27-49(32,48)10)40(53)50-36-26-33(44(36,3)4)41(54)51-24-12-11-13-25-51/h29-37,39H,11-28H2,1-10H3,(H,50,53)(H,55,56)/t29?,30-,31+,32+,33-,34-,35+,36-,37-,39?,47-,48+,49+/m0/s1. The lowest BCUT2D eigenvalue weighted by atomic mass is 9.32. The average molecular weight is 791 g/mol. The Morgan fingerprint density at radius 1 is 0.754 bits per heavy atom. The highest BCUT2D eigenvalue weighted by Gasteiger charge is 2.72. The number of nitrogens with zero attached hydrogens (tertiary/aromatic N) is 1. The fourth-order valence-corrected chi connectivity index (χ4v) is 16.4. The van der Waals surface area contributed by atoms with Gasteiger partial charge in [0.2, 0.25) is 11.8 Å². The number of likely N-dealkylation sites (tertiary alicyclic amines) is 1. The van der Waals surface area contributed by atoms with Crippen LogP contribution in [0.2, 0.25) is 0 Å². The number of ether oxygens (including phenoxy) is 1. The summed E-state index contributed by atoms with van der Waals surface area (Å²) < 4.78 is 6.23. The number of piperidine rings is 1. The Balaban J connectivity index is 1.04. The van der Waals surface area contributed by atoms with Gasteiger partial charge in [-0.1, -0.05) is 55.4 Å². The topological polar surface area (TPSA) is 113 Å². The first-order valence-electron chi connectivity index (χ1n) is 23.5. The van der Waals surface area contributed by atoms with Gasteiger partial charge in [0.25, 0.3) is 0 Å². The van der Waals surface area contributed by atoms with Crippen LogP contribution in [-0.2, 0) is 23.9 Å². The molecule has 8 heteroatoms. The minimum Gasteiger partial charge on any atom is -0.481 e. The third-order valence-corrected chi connectivity index (χ3v) is 20.5. The quantitative estimate of drug-likeness (QED) is 0.237. The first kappa shape index (κ1) is 41.6.